The quantitative estimate of drug-likeness (QED) is 0.307. The van der Waals surface area contributed by atoms with Crippen LogP contribution in [-0.2, 0) is 17.6 Å². The van der Waals surface area contributed by atoms with E-state index in [0.29, 0.717) is 6.54 Å². The largest absolute Gasteiger partial charge is 0.497 e. The molecule has 0 aliphatic heterocycles. The third-order valence-electron chi connectivity index (χ3n) is 5.68. The Labute approximate surface area is 182 Å². The fourth-order valence-corrected chi connectivity index (χ4v) is 4.14. The van der Waals surface area contributed by atoms with Gasteiger partial charge in [0.05, 0.1) is 20.8 Å². The maximum absolute atomic E-state index is 11.2. The van der Waals surface area contributed by atoms with Crippen LogP contribution < -0.4 is 15.0 Å². The fraction of sp³-hybridized carbons (Fsp3) is 0.375. The number of amides is 1. The Morgan fingerprint density at radius 1 is 1.16 bits per heavy atom. The van der Waals surface area contributed by atoms with Crippen molar-refractivity contribution in [2.45, 2.75) is 25.3 Å². The van der Waals surface area contributed by atoms with Crippen LogP contribution in [0.5, 0.6) is 11.5 Å². The van der Waals surface area contributed by atoms with Crippen LogP contribution in [0.3, 0.4) is 0 Å². The third kappa shape index (κ3) is 5.85. The summed E-state index contributed by atoms with van der Waals surface area (Å²) < 4.78 is 10.7. The number of nitrogens with one attached hydrogen (secondary N) is 1. The van der Waals surface area contributed by atoms with E-state index in [4.69, 9.17) is 14.7 Å². The molecule has 31 heavy (non-hydrogen) atoms. The number of aliphatic hydroxyl groups excluding tert-OH is 1. The predicted molar refractivity (Wildman–Crippen MR) is 118 cm³/mol. The lowest BCUT2D eigenvalue weighted by Crippen LogP contribution is -2.32. The predicted octanol–water partition coefficient (Wildman–Crippen LogP) is 2.75. The maximum Gasteiger partial charge on any atom is 0.267 e. The summed E-state index contributed by atoms with van der Waals surface area (Å²) in [6.07, 6.45) is 5.73. The van der Waals surface area contributed by atoms with E-state index in [-0.39, 0.29) is 12.6 Å². The standard InChI is InChI=1S/C24H30N2O5/c1-30-20-14-18(15-21(16-20)31-2)9-10-26(11-12-27)23-7-5-19-13-17(3-6-22(19)23)4-8-24(28)25-29/h3-4,6,8,13-16,23,27,29H,5,7,9-12H2,1-2H3,(H,25,28)/b8-4+. The van der Waals surface area contributed by atoms with E-state index < -0.39 is 5.91 Å². The molecule has 0 spiro atoms. The summed E-state index contributed by atoms with van der Waals surface area (Å²) in [7, 11) is 3.29. The second-order valence-corrected chi connectivity index (χ2v) is 7.55. The van der Waals surface area contributed by atoms with E-state index in [1.165, 1.54) is 17.2 Å². The van der Waals surface area contributed by atoms with Crippen LogP contribution in [0.1, 0.15) is 34.7 Å². The zero-order valence-electron chi connectivity index (χ0n) is 18.0. The SMILES string of the molecule is COc1cc(CCN(CCO)C2CCc3cc(/C=C/C(=O)NO)ccc32)cc(OC)c1. The topological polar surface area (TPSA) is 91.3 Å². The summed E-state index contributed by atoms with van der Waals surface area (Å²) in [6, 6.07) is 12.3. The van der Waals surface area contributed by atoms with Crippen LogP contribution >= 0.6 is 0 Å². The highest BCUT2D eigenvalue weighted by atomic mass is 16.5. The minimum atomic E-state index is -0.554. The van der Waals surface area contributed by atoms with Gasteiger partial charge in [0, 0.05) is 31.3 Å². The van der Waals surface area contributed by atoms with Crippen molar-refractivity contribution in [2.75, 3.05) is 33.9 Å². The Balaban J connectivity index is 1.73. The first-order chi connectivity index (χ1) is 15.1. The molecule has 0 heterocycles. The summed E-state index contributed by atoms with van der Waals surface area (Å²) in [5, 5.41) is 18.3. The van der Waals surface area contributed by atoms with Gasteiger partial charge in [0.2, 0.25) is 0 Å². The molecule has 2 aromatic rings. The van der Waals surface area contributed by atoms with E-state index in [0.717, 1.165) is 48.4 Å². The van der Waals surface area contributed by atoms with E-state index in [1.54, 1.807) is 25.8 Å². The lowest BCUT2D eigenvalue weighted by molar-refractivity contribution is -0.124. The molecule has 0 fully saturated rings. The minimum Gasteiger partial charge on any atom is -0.497 e. The number of hydrogen-bond acceptors (Lipinski definition) is 6. The molecule has 1 atom stereocenters. The van der Waals surface area contributed by atoms with Crippen molar-refractivity contribution in [2.24, 2.45) is 0 Å². The number of methoxy groups -OCH3 is 2. The molecule has 166 valence electrons. The molecular formula is C24H30N2O5. The molecule has 1 aliphatic rings. The summed E-state index contributed by atoms with van der Waals surface area (Å²) in [5.41, 5.74) is 6.15. The Morgan fingerprint density at radius 3 is 2.55 bits per heavy atom. The highest BCUT2D eigenvalue weighted by Crippen LogP contribution is 2.36. The molecule has 2 aromatic carbocycles. The van der Waals surface area contributed by atoms with Gasteiger partial charge in [0.1, 0.15) is 11.5 Å². The summed E-state index contributed by atoms with van der Waals surface area (Å²) in [6.45, 7) is 1.51. The van der Waals surface area contributed by atoms with Gasteiger partial charge in [-0.1, -0.05) is 18.2 Å². The molecule has 0 bridgehead atoms. The van der Waals surface area contributed by atoms with Crippen LogP contribution in [0.2, 0.25) is 0 Å². The average molecular weight is 427 g/mol. The molecule has 0 radical (unpaired) electrons. The molecule has 1 amide bonds. The summed E-state index contributed by atoms with van der Waals surface area (Å²) in [5.74, 6) is 0.983. The van der Waals surface area contributed by atoms with Crippen molar-refractivity contribution >= 4 is 12.0 Å². The number of rotatable bonds is 10. The van der Waals surface area contributed by atoms with E-state index in [2.05, 4.69) is 17.0 Å². The second-order valence-electron chi connectivity index (χ2n) is 7.55. The fourth-order valence-electron chi connectivity index (χ4n) is 4.14. The molecule has 0 saturated heterocycles. The molecule has 3 N–H and O–H groups in total. The third-order valence-corrected chi connectivity index (χ3v) is 5.68. The second kappa shape index (κ2) is 10.9. The Morgan fingerprint density at radius 2 is 1.90 bits per heavy atom. The Bertz CT molecular complexity index is 906. The first kappa shape index (κ1) is 22.8. The van der Waals surface area contributed by atoms with Gasteiger partial charge >= 0.3 is 0 Å². The van der Waals surface area contributed by atoms with Crippen molar-refractivity contribution in [3.63, 3.8) is 0 Å². The monoisotopic (exact) mass is 426 g/mol. The number of aliphatic hydroxyl groups is 1. The van der Waals surface area contributed by atoms with Crippen LogP contribution in [0.4, 0.5) is 0 Å². The number of nitrogens with zero attached hydrogens (tertiary/aromatic N) is 1. The van der Waals surface area contributed by atoms with Crippen LogP contribution in [-0.4, -0.2) is 55.0 Å². The van der Waals surface area contributed by atoms with Gasteiger partial charge in [0.15, 0.2) is 0 Å². The number of hydroxylamine groups is 1. The molecule has 3 rings (SSSR count). The number of benzene rings is 2. The number of carbonyl (C=O) groups excluding carboxylic acids is 1. The Hall–Kier alpha value is -2.87. The smallest absolute Gasteiger partial charge is 0.267 e. The molecule has 0 saturated carbocycles. The van der Waals surface area contributed by atoms with Gasteiger partial charge in [-0.3, -0.25) is 14.9 Å². The zero-order chi connectivity index (χ0) is 22.2. The van der Waals surface area contributed by atoms with Gasteiger partial charge in [0.25, 0.3) is 5.91 Å². The number of carbonyl (C=O) groups is 1. The average Bonchev–Trinajstić information content (AvgIpc) is 3.22. The van der Waals surface area contributed by atoms with Crippen LogP contribution in [0, 0.1) is 0 Å². The van der Waals surface area contributed by atoms with E-state index in [1.807, 2.05) is 24.3 Å². The number of ether oxygens (including phenoxy) is 2. The minimum absolute atomic E-state index is 0.102. The maximum atomic E-state index is 11.2. The van der Waals surface area contributed by atoms with Gasteiger partial charge in [-0.15, -0.1) is 0 Å². The highest BCUT2D eigenvalue weighted by molar-refractivity contribution is 5.90. The van der Waals surface area contributed by atoms with Gasteiger partial charge in [-0.05, 0) is 59.7 Å². The molecule has 7 heteroatoms. The number of aryl methyl sites for hydroxylation is 1. The first-order valence-electron chi connectivity index (χ1n) is 10.4. The summed E-state index contributed by atoms with van der Waals surface area (Å²) >= 11 is 0. The molecule has 1 aliphatic carbocycles. The molecule has 7 nitrogen and oxygen atoms in total. The van der Waals surface area contributed by atoms with Crippen molar-refractivity contribution in [3.05, 3.63) is 64.7 Å². The van der Waals surface area contributed by atoms with Crippen molar-refractivity contribution < 1.29 is 24.6 Å². The lowest BCUT2D eigenvalue weighted by Gasteiger charge is -2.29. The molecule has 0 aromatic heterocycles. The van der Waals surface area contributed by atoms with Gasteiger partial charge < -0.3 is 14.6 Å². The van der Waals surface area contributed by atoms with Crippen LogP contribution in [0.25, 0.3) is 6.08 Å². The van der Waals surface area contributed by atoms with Gasteiger partial charge in [-0.2, -0.15) is 0 Å². The Kier molecular flexibility index (Phi) is 8.06. The van der Waals surface area contributed by atoms with Crippen molar-refractivity contribution in [1.29, 1.82) is 0 Å². The number of hydrogen-bond donors (Lipinski definition) is 3. The molecular weight excluding hydrogens is 396 g/mol. The van der Waals surface area contributed by atoms with Crippen molar-refractivity contribution in [3.8, 4) is 11.5 Å². The van der Waals surface area contributed by atoms with E-state index >= 15 is 0 Å². The highest BCUT2D eigenvalue weighted by Gasteiger charge is 2.27. The lowest BCUT2D eigenvalue weighted by atomic mass is 10.0. The van der Waals surface area contributed by atoms with Gasteiger partial charge in [-0.25, -0.2) is 5.48 Å². The van der Waals surface area contributed by atoms with Crippen molar-refractivity contribution in [1.82, 2.24) is 10.4 Å². The number of fused-ring (bicyclic) bond motifs is 1. The molecule has 1 unspecified atom stereocenters. The normalized spacial score (nSPS) is 15.3. The summed E-state index contributed by atoms with van der Waals surface area (Å²) in [4.78, 5) is 13.5. The first-order valence-corrected chi connectivity index (χ1v) is 10.4. The van der Waals surface area contributed by atoms with Crippen LogP contribution in [0.15, 0.2) is 42.5 Å². The van der Waals surface area contributed by atoms with E-state index in [9.17, 15) is 9.90 Å². The zero-order valence-corrected chi connectivity index (χ0v) is 18.0.